The minimum atomic E-state index is 0.786. The summed E-state index contributed by atoms with van der Waals surface area (Å²) < 4.78 is 0. The molecule has 0 atom stereocenters. The highest BCUT2D eigenvalue weighted by Gasteiger charge is 1.94. The van der Waals surface area contributed by atoms with Crippen molar-refractivity contribution in [3.8, 4) is 0 Å². The van der Waals surface area contributed by atoms with Gasteiger partial charge in [-0.15, -0.1) is 0 Å². The second-order valence-electron chi connectivity index (χ2n) is 3.59. The van der Waals surface area contributed by atoms with Gasteiger partial charge in [-0.05, 0) is 18.8 Å². The first-order chi connectivity index (χ1) is 6.29. The van der Waals surface area contributed by atoms with Gasteiger partial charge in [0.2, 0.25) is 0 Å². The average Bonchev–Trinajstić information content (AvgIpc) is 2.14. The number of hydrogen-bond acceptors (Lipinski definition) is 3. The molecule has 0 amide bonds. The Balaban J connectivity index is 2.13. The highest BCUT2D eigenvalue weighted by Crippen LogP contribution is 2.05. The Hall–Kier alpha value is -1.12. The van der Waals surface area contributed by atoms with Gasteiger partial charge in [-0.3, -0.25) is 0 Å². The van der Waals surface area contributed by atoms with Crippen molar-refractivity contribution in [1.29, 1.82) is 0 Å². The molecular weight excluding hydrogens is 162 g/mol. The molecule has 1 rings (SSSR count). The molecule has 0 aliphatic rings. The maximum absolute atomic E-state index is 3.92. The van der Waals surface area contributed by atoms with Gasteiger partial charge in [-0.1, -0.05) is 13.8 Å². The maximum atomic E-state index is 3.92. The molecular formula is C10H17N3. The number of rotatable bonds is 5. The first-order valence-corrected chi connectivity index (χ1v) is 4.78. The molecule has 0 radical (unpaired) electrons. The van der Waals surface area contributed by atoms with E-state index in [1.807, 2.05) is 0 Å². The van der Waals surface area contributed by atoms with Crippen molar-refractivity contribution >= 4 is 5.69 Å². The fourth-order valence-corrected chi connectivity index (χ4v) is 1.13. The summed E-state index contributed by atoms with van der Waals surface area (Å²) >= 11 is 0. The zero-order valence-corrected chi connectivity index (χ0v) is 8.33. The number of nitrogens with zero attached hydrogens (tertiary/aromatic N) is 2. The second-order valence-corrected chi connectivity index (χ2v) is 3.59. The van der Waals surface area contributed by atoms with Crippen LogP contribution in [0, 0.1) is 5.92 Å². The zero-order chi connectivity index (χ0) is 9.52. The molecule has 0 aliphatic heterocycles. The SMILES string of the molecule is CC(C)CCCNc1cncnc1. The van der Waals surface area contributed by atoms with Crippen LogP contribution in [0.4, 0.5) is 5.69 Å². The van der Waals surface area contributed by atoms with Crippen LogP contribution in [0.25, 0.3) is 0 Å². The van der Waals surface area contributed by atoms with Crippen molar-refractivity contribution in [2.24, 2.45) is 5.92 Å². The Bertz CT molecular complexity index is 221. The fraction of sp³-hybridized carbons (Fsp3) is 0.600. The van der Waals surface area contributed by atoms with Crippen LogP contribution in [-0.2, 0) is 0 Å². The van der Waals surface area contributed by atoms with Crippen molar-refractivity contribution in [1.82, 2.24) is 9.97 Å². The average molecular weight is 179 g/mol. The number of hydrogen-bond donors (Lipinski definition) is 1. The van der Waals surface area contributed by atoms with Crippen LogP contribution >= 0.6 is 0 Å². The molecule has 1 N–H and O–H groups in total. The van der Waals surface area contributed by atoms with Gasteiger partial charge in [0.05, 0.1) is 18.1 Å². The third kappa shape index (κ3) is 4.45. The largest absolute Gasteiger partial charge is 0.383 e. The van der Waals surface area contributed by atoms with E-state index in [1.165, 1.54) is 12.8 Å². The first-order valence-electron chi connectivity index (χ1n) is 4.78. The Kier molecular flexibility index (Phi) is 4.23. The summed E-state index contributed by atoms with van der Waals surface area (Å²) in [6, 6.07) is 0. The highest BCUT2D eigenvalue weighted by atomic mass is 14.9. The smallest absolute Gasteiger partial charge is 0.115 e. The molecule has 0 saturated carbocycles. The maximum Gasteiger partial charge on any atom is 0.115 e. The summed E-state index contributed by atoms with van der Waals surface area (Å²) in [5, 5.41) is 3.28. The summed E-state index contributed by atoms with van der Waals surface area (Å²) in [5.41, 5.74) is 1.01. The summed E-state index contributed by atoms with van der Waals surface area (Å²) in [6.45, 7) is 5.49. The number of anilines is 1. The molecule has 0 spiro atoms. The predicted molar refractivity (Wildman–Crippen MR) is 54.6 cm³/mol. The normalized spacial score (nSPS) is 10.4. The lowest BCUT2D eigenvalue weighted by Gasteiger charge is -2.06. The summed E-state index contributed by atoms with van der Waals surface area (Å²) in [5.74, 6) is 0.786. The topological polar surface area (TPSA) is 37.8 Å². The first kappa shape index (κ1) is 9.96. The Morgan fingerprint density at radius 3 is 2.62 bits per heavy atom. The van der Waals surface area contributed by atoms with Gasteiger partial charge in [0.25, 0.3) is 0 Å². The Labute approximate surface area is 79.6 Å². The minimum absolute atomic E-state index is 0.786. The van der Waals surface area contributed by atoms with Gasteiger partial charge in [0.1, 0.15) is 6.33 Å². The molecule has 13 heavy (non-hydrogen) atoms. The van der Waals surface area contributed by atoms with E-state index in [9.17, 15) is 0 Å². The summed E-state index contributed by atoms with van der Waals surface area (Å²) in [4.78, 5) is 7.85. The lowest BCUT2D eigenvalue weighted by molar-refractivity contribution is 0.567. The number of aromatic nitrogens is 2. The van der Waals surface area contributed by atoms with Crippen molar-refractivity contribution in [2.75, 3.05) is 11.9 Å². The van der Waals surface area contributed by atoms with E-state index < -0.39 is 0 Å². The molecule has 0 unspecified atom stereocenters. The van der Waals surface area contributed by atoms with Gasteiger partial charge in [-0.2, -0.15) is 0 Å². The van der Waals surface area contributed by atoms with Crippen LogP contribution < -0.4 is 5.32 Å². The molecule has 72 valence electrons. The molecule has 3 heteroatoms. The molecule has 0 fully saturated rings. The predicted octanol–water partition coefficient (Wildman–Crippen LogP) is 2.32. The van der Waals surface area contributed by atoms with Crippen LogP contribution in [0.2, 0.25) is 0 Å². The molecule has 1 heterocycles. The molecule has 1 aromatic heterocycles. The van der Waals surface area contributed by atoms with Crippen LogP contribution in [0.5, 0.6) is 0 Å². The van der Waals surface area contributed by atoms with E-state index >= 15 is 0 Å². The van der Waals surface area contributed by atoms with Crippen LogP contribution in [-0.4, -0.2) is 16.5 Å². The molecule has 3 nitrogen and oxygen atoms in total. The van der Waals surface area contributed by atoms with Crippen LogP contribution in [0.15, 0.2) is 18.7 Å². The van der Waals surface area contributed by atoms with Crippen molar-refractivity contribution < 1.29 is 0 Å². The van der Waals surface area contributed by atoms with E-state index in [0.717, 1.165) is 18.2 Å². The summed E-state index contributed by atoms with van der Waals surface area (Å²) in [6.07, 6.45) is 7.59. The zero-order valence-electron chi connectivity index (χ0n) is 8.33. The molecule has 1 aromatic rings. The quantitative estimate of drug-likeness (QED) is 0.705. The number of nitrogens with one attached hydrogen (secondary N) is 1. The van der Waals surface area contributed by atoms with Crippen LogP contribution in [0.3, 0.4) is 0 Å². The minimum Gasteiger partial charge on any atom is -0.383 e. The van der Waals surface area contributed by atoms with Gasteiger partial charge in [-0.25, -0.2) is 9.97 Å². The second kappa shape index (κ2) is 5.51. The molecule has 0 bridgehead atoms. The van der Waals surface area contributed by atoms with E-state index in [1.54, 1.807) is 18.7 Å². The summed E-state index contributed by atoms with van der Waals surface area (Å²) in [7, 11) is 0. The molecule has 0 aliphatic carbocycles. The van der Waals surface area contributed by atoms with Gasteiger partial charge in [0, 0.05) is 6.54 Å². The third-order valence-electron chi connectivity index (χ3n) is 1.85. The van der Waals surface area contributed by atoms with E-state index in [2.05, 4.69) is 29.1 Å². The highest BCUT2D eigenvalue weighted by molar-refractivity contribution is 5.36. The van der Waals surface area contributed by atoms with Gasteiger partial charge >= 0.3 is 0 Å². The third-order valence-corrected chi connectivity index (χ3v) is 1.85. The molecule has 0 saturated heterocycles. The van der Waals surface area contributed by atoms with E-state index in [0.29, 0.717) is 0 Å². The van der Waals surface area contributed by atoms with Gasteiger partial charge in [0.15, 0.2) is 0 Å². The van der Waals surface area contributed by atoms with Crippen molar-refractivity contribution in [2.45, 2.75) is 26.7 Å². The van der Waals surface area contributed by atoms with Crippen LogP contribution in [0.1, 0.15) is 26.7 Å². The Morgan fingerprint density at radius 1 is 1.31 bits per heavy atom. The standard InChI is InChI=1S/C10H17N3/c1-9(2)4-3-5-13-10-6-11-8-12-7-10/h6-9,13H,3-5H2,1-2H3. The van der Waals surface area contributed by atoms with E-state index in [4.69, 9.17) is 0 Å². The van der Waals surface area contributed by atoms with Crippen molar-refractivity contribution in [3.05, 3.63) is 18.7 Å². The Morgan fingerprint density at radius 2 is 2.00 bits per heavy atom. The lowest BCUT2D eigenvalue weighted by Crippen LogP contribution is -2.03. The lowest BCUT2D eigenvalue weighted by atomic mass is 10.1. The van der Waals surface area contributed by atoms with E-state index in [-0.39, 0.29) is 0 Å². The van der Waals surface area contributed by atoms with Crippen molar-refractivity contribution in [3.63, 3.8) is 0 Å². The fourth-order valence-electron chi connectivity index (χ4n) is 1.13. The monoisotopic (exact) mass is 179 g/mol. The molecule has 0 aromatic carbocycles. The van der Waals surface area contributed by atoms with Gasteiger partial charge < -0.3 is 5.32 Å².